The van der Waals surface area contributed by atoms with Crippen LogP contribution in [0.3, 0.4) is 0 Å². The van der Waals surface area contributed by atoms with Crippen molar-refractivity contribution < 1.29 is 28.7 Å². The minimum Gasteiger partial charge on any atom is -0.489 e. The Morgan fingerprint density at radius 3 is 2.32 bits per heavy atom. The predicted molar refractivity (Wildman–Crippen MR) is 191 cm³/mol. The van der Waals surface area contributed by atoms with E-state index in [1.807, 2.05) is 55.5 Å². The lowest BCUT2D eigenvalue weighted by atomic mass is 9.76. The Kier molecular flexibility index (Phi) is 9.02. The van der Waals surface area contributed by atoms with Crippen molar-refractivity contribution in [3.05, 3.63) is 125 Å². The van der Waals surface area contributed by atoms with Crippen LogP contribution < -0.4 is 9.64 Å². The highest BCUT2D eigenvalue weighted by molar-refractivity contribution is 6.22. The summed E-state index contributed by atoms with van der Waals surface area (Å²) in [5.74, 6) is -0.673. The molecule has 50 heavy (non-hydrogen) atoms. The molecule has 4 atom stereocenters. The van der Waals surface area contributed by atoms with Crippen molar-refractivity contribution in [3.8, 4) is 17.0 Å². The molecule has 5 aromatic rings. The van der Waals surface area contributed by atoms with Crippen LogP contribution in [-0.2, 0) is 20.9 Å². The van der Waals surface area contributed by atoms with Gasteiger partial charge in [0.25, 0.3) is 0 Å². The highest BCUT2D eigenvalue weighted by atomic mass is 16.5. The van der Waals surface area contributed by atoms with E-state index in [0.717, 1.165) is 30.4 Å². The van der Waals surface area contributed by atoms with Crippen LogP contribution in [0.2, 0.25) is 0 Å². The van der Waals surface area contributed by atoms with E-state index < -0.39 is 12.1 Å². The van der Waals surface area contributed by atoms with Crippen LogP contribution in [0.4, 0.5) is 5.69 Å². The normalized spacial score (nSPS) is 19.3. The standard InChI is InChI=1S/C42H38N2O6/c1-25-9-19-33-35(22-25)41(47)44(40(33)46)31-15-11-29(12-16-31)38-23-36(34-21-26(2)10-20-37(34)43-38)42(48)50-27(3)39(45)30-13-17-32(18-14-30)49-24-28-7-5-4-6-8-28/h4-8,10-18,20-21,23,25,27,33,35H,9,19,22,24H2,1-3H3. The maximum atomic E-state index is 13.7. The van der Waals surface area contributed by atoms with Crippen LogP contribution in [0.5, 0.6) is 5.75 Å². The van der Waals surface area contributed by atoms with E-state index in [2.05, 4.69) is 6.92 Å². The molecule has 2 amide bonds. The molecule has 1 aliphatic heterocycles. The Morgan fingerprint density at radius 1 is 0.860 bits per heavy atom. The molecule has 4 aromatic carbocycles. The molecule has 2 heterocycles. The number of hydrogen-bond acceptors (Lipinski definition) is 7. The number of ether oxygens (including phenoxy) is 2. The molecule has 7 rings (SSSR count). The molecule has 0 spiro atoms. The number of carbonyl (C=O) groups excluding carboxylic acids is 4. The third kappa shape index (κ3) is 6.53. The average molecular weight is 667 g/mol. The summed E-state index contributed by atoms with van der Waals surface area (Å²) in [6.07, 6.45) is 1.39. The van der Waals surface area contributed by atoms with Gasteiger partial charge in [-0.05, 0) is 99.2 Å². The maximum absolute atomic E-state index is 13.7. The van der Waals surface area contributed by atoms with Crippen LogP contribution in [0, 0.1) is 24.7 Å². The first-order valence-electron chi connectivity index (χ1n) is 17.1. The Bertz CT molecular complexity index is 2090. The van der Waals surface area contributed by atoms with E-state index in [4.69, 9.17) is 14.5 Å². The fraction of sp³-hybridized carbons (Fsp3) is 0.262. The fourth-order valence-electron chi connectivity index (χ4n) is 7.05. The molecular weight excluding hydrogens is 628 g/mol. The highest BCUT2D eigenvalue weighted by Gasteiger charge is 2.50. The fourth-order valence-corrected chi connectivity index (χ4v) is 7.05. The number of imide groups is 1. The lowest BCUT2D eigenvalue weighted by molar-refractivity contribution is -0.122. The molecule has 8 nitrogen and oxygen atoms in total. The number of nitrogens with zero attached hydrogens (tertiary/aromatic N) is 2. The first-order valence-corrected chi connectivity index (χ1v) is 17.1. The first kappa shape index (κ1) is 32.9. The van der Waals surface area contributed by atoms with Gasteiger partial charge in [0, 0.05) is 16.5 Å². The summed E-state index contributed by atoms with van der Waals surface area (Å²) in [5.41, 5.74) is 5.01. The Labute approximate surface area is 291 Å². The molecule has 2 aliphatic rings. The molecule has 0 radical (unpaired) electrons. The third-order valence-corrected chi connectivity index (χ3v) is 9.83. The molecule has 1 aliphatic carbocycles. The van der Waals surface area contributed by atoms with Gasteiger partial charge in [-0.25, -0.2) is 9.78 Å². The number of rotatable bonds is 9. The molecule has 0 N–H and O–H groups in total. The number of benzene rings is 4. The number of fused-ring (bicyclic) bond motifs is 2. The minimum atomic E-state index is -1.04. The SMILES string of the molecule is Cc1ccc2nc(-c3ccc(N4C(=O)C5CCC(C)CC5C4=O)cc3)cc(C(=O)OC(C)C(=O)c3ccc(OCc4ccccc4)cc3)c2c1. The lowest BCUT2D eigenvalue weighted by Gasteiger charge is -2.25. The summed E-state index contributed by atoms with van der Waals surface area (Å²) in [5, 5.41) is 0.611. The second kappa shape index (κ2) is 13.7. The lowest BCUT2D eigenvalue weighted by Crippen LogP contribution is -2.30. The van der Waals surface area contributed by atoms with Crippen LogP contribution in [0.15, 0.2) is 103 Å². The van der Waals surface area contributed by atoms with Gasteiger partial charge in [-0.2, -0.15) is 0 Å². The Morgan fingerprint density at radius 2 is 1.58 bits per heavy atom. The average Bonchev–Trinajstić information content (AvgIpc) is 3.38. The number of esters is 1. The number of amides is 2. The molecular formula is C42H38N2O6. The smallest absolute Gasteiger partial charge is 0.339 e. The molecule has 4 unspecified atom stereocenters. The second-order valence-corrected chi connectivity index (χ2v) is 13.5. The van der Waals surface area contributed by atoms with Crippen molar-refractivity contribution in [2.75, 3.05) is 4.90 Å². The van der Waals surface area contributed by atoms with Crippen LogP contribution in [0.25, 0.3) is 22.2 Å². The largest absolute Gasteiger partial charge is 0.489 e. The topological polar surface area (TPSA) is 103 Å². The monoisotopic (exact) mass is 666 g/mol. The van der Waals surface area contributed by atoms with Gasteiger partial charge in [0.15, 0.2) is 6.10 Å². The van der Waals surface area contributed by atoms with Crippen molar-refractivity contribution in [3.63, 3.8) is 0 Å². The van der Waals surface area contributed by atoms with Gasteiger partial charge in [0.1, 0.15) is 12.4 Å². The quantitative estimate of drug-likeness (QED) is 0.0889. The van der Waals surface area contributed by atoms with E-state index in [1.54, 1.807) is 61.5 Å². The van der Waals surface area contributed by atoms with Gasteiger partial charge in [-0.1, -0.05) is 61.0 Å². The van der Waals surface area contributed by atoms with Crippen LogP contribution in [-0.4, -0.2) is 34.7 Å². The van der Waals surface area contributed by atoms with E-state index >= 15 is 0 Å². The van der Waals surface area contributed by atoms with Gasteiger partial charge in [-0.3, -0.25) is 19.3 Å². The molecule has 1 saturated heterocycles. The zero-order chi connectivity index (χ0) is 34.9. The van der Waals surface area contributed by atoms with E-state index in [-0.39, 0.29) is 35.0 Å². The van der Waals surface area contributed by atoms with E-state index in [1.165, 1.54) is 4.90 Å². The summed E-state index contributed by atoms with van der Waals surface area (Å²) in [6.45, 7) is 6.03. The number of Topliss-reactive ketones (excluding diaryl/α,β-unsaturated/α-hetero) is 1. The van der Waals surface area contributed by atoms with E-state index in [9.17, 15) is 19.2 Å². The summed E-state index contributed by atoms with van der Waals surface area (Å²) in [6, 6.07) is 31.0. The van der Waals surface area contributed by atoms with Gasteiger partial charge in [0.2, 0.25) is 17.6 Å². The highest BCUT2D eigenvalue weighted by Crippen LogP contribution is 2.42. The first-order chi connectivity index (χ1) is 24.2. The molecule has 2 fully saturated rings. The molecule has 1 saturated carbocycles. The molecule has 252 valence electrons. The Hall–Kier alpha value is -5.63. The van der Waals surface area contributed by atoms with Crippen molar-refractivity contribution >= 4 is 40.2 Å². The molecule has 0 bridgehead atoms. The number of carbonyl (C=O) groups is 4. The van der Waals surface area contributed by atoms with Gasteiger partial charge < -0.3 is 9.47 Å². The predicted octanol–water partition coefficient (Wildman–Crippen LogP) is 8.14. The number of pyridine rings is 1. The van der Waals surface area contributed by atoms with Crippen molar-refractivity contribution in [1.82, 2.24) is 4.98 Å². The second-order valence-electron chi connectivity index (χ2n) is 13.5. The number of aromatic nitrogens is 1. The van der Waals surface area contributed by atoms with Gasteiger partial charge in [0.05, 0.1) is 34.3 Å². The molecule has 1 aromatic heterocycles. The summed E-state index contributed by atoms with van der Waals surface area (Å²) < 4.78 is 11.6. The van der Waals surface area contributed by atoms with Crippen LogP contribution in [0.1, 0.15) is 65.0 Å². The minimum absolute atomic E-state index is 0.125. The number of hydrogen-bond donors (Lipinski definition) is 0. The summed E-state index contributed by atoms with van der Waals surface area (Å²) in [4.78, 5) is 59.7. The van der Waals surface area contributed by atoms with Crippen molar-refractivity contribution in [1.29, 1.82) is 0 Å². The van der Waals surface area contributed by atoms with Crippen molar-refractivity contribution in [2.24, 2.45) is 17.8 Å². The van der Waals surface area contributed by atoms with Crippen LogP contribution >= 0.6 is 0 Å². The summed E-state index contributed by atoms with van der Waals surface area (Å²) in [7, 11) is 0. The Balaban J connectivity index is 1.09. The van der Waals surface area contributed by atoms with Gasteiger partial charge >= 0.3 is 5.97 Å². The van der Waals surface area contributed by atoms with E-state index in [0.29, 0.717) is 51.7 Å². The maximum Gasteiger partial charge on any atom is 0.339 e. The molecule has 8 heteroatoms. The van der Waals surface area contributed by atoms with Gasteiger partial charge in [-0.15, -0.1) is 0 Å². The zero-order valence-electron chi connectivity index (χ0n) is 28.3. The summed E-state index contributed by atoms with van der Waals surface area (Å²) >= 11 is 0. The number of ketones is 1. The number of aryl methyl sites for hydroxylation is 1. The zero-order valence-corrected chi connectivity index (χ0v) is 28.3. The van der Waals surface area contributed by atoms with Crippen molar-refractivity contribution in [2.45, 2.75) is 52.7 Å². The number of anilines is 1. The third-order valence-electron chi connectivity index (χ3n) is 9.83.